The summed E-state index contributed by atoms with van der Waals surface area (Å²) in [6.07, 6.45) is -1.03. The second kappa shape index (κ2) is 12.9. The molecule has 6 nitrogen and oxygen atoms in total. The van der Waals surface area contributed by atoms with Crippen LogP contribution < -0.4 is 10.1 Å². The number of para-hydroxylation sites is 1. The summed E-state index contributed by atoms with van der Waals surface area (Å²) in [7, 11) is 1.66. The smallest absolute Gasteiger partial charge is 0.276 e. The van der Waals surface area contributed by atoms with Crippen LogP contribution >= 0.6 is 46.6 Å². The molecule has 2 N–H and O–H groups in total. The van der Waals surface area contributed by atoms with Crippen LogP contribution in [0.4, 0.5) is 5.69 Å². The molecular weight excluding hydrogens is 569 g/mol. The average molecular weight is 597 g/mol. The van der Waals surface area contributed by atoms with Gasteiger partial charge in [0.15, 0.2) is 6.29 Å². The van der Waals surface area contributed by atoms with Crippen LogP contribution in [0.25, 0.3) is 0 Å². The summed E-state index contributed by atoms with van der Waals surface area (Å²) in [5.41, 5.74) is 3.10. The van der Waals surface area contributed by atoms with Crippen molar-refractivity contribution in [2.45, 2.75) is 40.7 Å². The molecule has 1 amide bonds. The fourth-order valence-electron chi connectivity index (χ4n) is 4.15. The standard InChI is InChI=1S/C28H28Cl3NO5S/c1-17-23(16-38-24-6-4-3-5-22(24)35-2)36-26(37-25(17)19-9-7-18(15-33)8-10-19)20-11-13-21(14-12-20)32-27(34)28(29,30)31/h3-14,17,23,25-26,33H,15-16H2,1-2H3,(H,32,34)/t17-,23+,25+,26+/m1/s1. The number of carbonyl (C=O) groups is 1. The lowest BCUT2D eigenvalue weighted by atomic mass is 9.91. The molecule has 0 radical (unpaired) electrons. The van der Waals surface area contributed by atoms with Crippen molar-refractivity contribution < 1.29 is 24.1 Å². The third kappa shape index (κ3) is 7.16. The van der Waals surface area contributed by atoms with E-state index in [0.29, 0.717) is 11.4 Å². The van der Waals surface area contributed by atoms with Crippen molar-refractivity contribution in [2.24, 2.45) is 5.92 Å². The van der Waals surface area contributed by atoms with Gasteiger partial charge in [0.05, 0.1) is 25.9 Å². The van der Waals surface area contributed by atoms with Gasteiger partial charge in [-0.2, -0.15) is 0 Å². The third-order valence-electron chi connectivity index (χ3n) is 6.29. The number of halogens is 3. The monoisotopic (exact) mass is 595 g/mol. The number of alkyl halides is 3. The normalized spacial score (nSPS) is 21.6. The van der Waals surface area contributed by atoms with Crippen molar-refractivity contribution >= 4 is 58.2 Å². The zero-order chi connectivity index (χ0) is 27.3. The van der Waals surface area contributed by atoms with Crippen molar-refractivity contribution in [1.29, 1.82) is 0 Å². The summed E-state index contributed by atoms with van der Waals surface area (Å²) in [4.78, 5) is 13.0. The summed E-state index contributed by atoms with van der Waals surface area (Å²) < 4.78 is 16.4. The summed E-state index contributed by atoms with van der Waals surface area (Å²) >= 11 is 18.6. The lowest BCUT2D eigenvalue weighted by Crippen LogP contribution is -2.38. The SMILES string of the molecule is COc1ccccc1SC[C@@H]1O[C@H](c2ccc(NC(=O)C(Cl)(Cl)Cl)cc2)O[C@H](c2ccc(CO)cc2)[C@@H]1C. The molecule has 10 heteroatoms. The highest BCUT2D eigenvalue weighted by Crippen LogP contribution is 2.43. The maximum Gasteiger partial charge on any atom is 0.276 e. The summed E-state index contributed by atoms with van der Waals surface area (Å²) in [5, 5.41) is 12.0. The molecule has 1 heterocycles. The van der Waals surface area contributed by atoms with E-state index in [1.165, 1.54) is 0 Å². The minimum absolute atomic E-state index is 0.0214. The van der Waals surface area contributed by atoms with Crippen molar-refractivity contribution in [1.82, 2.24) is 0 Å². The molecule has 0 aromatic heterocycles. The van der Waals surface area contributed by atoms with Crippen LogP contribution in [-0.2, 0) is 20.9 Å². The number of aliphatic hydroxyl groups excluding tert-OH is 1. The predicted octanol–water partition coefficient (Wildman–Crippen LogP) is 7.08. The van der Waals surface area contributed by atoms with Crippen molar-refractivity contribution in [3.05, 3.63) is 89.5 Å². The summed E-state index contributed by atoms with van der Waals surface area (Å²) in [5.74, 6) is 0.798. The van der Waals surface area contributed by atoms with Gasteiger partial charge >= 0.3 is 0 Å². The number of thioether (sulfide) groups is 1. The zero-order valence-corrected chi connectivity index (χ0v) is 23.9. The molecule has 38 heavy (non-hydrogen) atoms. The molecule has 0 unspecified atom stereocenters. The second-order valence-corrected chi connectivity index (χ2v) is 12.2. The van der Waals surface area contributed by atoms with E-state index in [1.807, 2.05) is 60.7 Å². The molecule has 1 aliphatic rings. The van der Waals surface area contributed by atoms with E-state index in [9.17, 15) is 9.90 Å². The Morgan fingerprint density at radius 1 is 1.00 bits per heavy atom. The number of ether oxygens (including phenoxy) is 3. The number of amides is 1. The summed E-state index contributed by atoms with van der Waals surface area (Å²) in [6.45, 7) is 2.09. The fraction of sp³-hybridized carbons (Fsp3) is 0.321. The molecule has 1 saturated heterocycles. The van der Waals surface area contributed by atoms with Gasteiger partial charge in [0.2, 0.25) is 0 Å². The first-order valence-corrected chi connectivity index (χ1v) is 14.1. The maximum atomic E-state index is 12.0. The molecular formula is C28H28Cl3NO5S. The predicted molar refractivity (Wildman–Crippen MR) is 152 cm³/mol. The topological polar surface area (TPSA) is 77.0 Å². The van der Waals surface area contributed by atoms with Gasteiger partial charge in [-0.15, -0.1) is 11.8 Å². The van der Waals surface area contributed by atoms with E-state index in [2.05, 4.69) is 12.2 Å². The van der Waals surface area contributed by atoms with Gasteiger partial charge in [-0.3, -0.25) is 4.79 Å². The summed E-state index contributed by atoms with van der Waals surface area (Å²) in [6, 6.07) is 22.7. The van der Waals surface area contributed by atoms with Gasteiger partial charge in [0.25, 0.3) is 9.70 Å². The number of carbonyl (C=O) groups excluding carboxylic acids is 1. The molecule has 1 fully saturated rings. The van der Waals surface area contributed by atoms with Gasteiger partial charge in [-0.25, -0.2) is 0 Å². The van der Waals surface area contributed by atoms with E-state index >= 15 is 0 Å². The van der Waals surface area contributed by atoms with Crippen LogP contribution in [0, 0.1) is 5.92 Å². The Kier molecular flexibility index (Phi) is 9.87. The molecule has 3 aromatic carbocycles. The Hall–Kier alpha value is -1.97. The number of hydrogen-bond acceptors (Lipinski definition) is 6. The number of hydrogen-bond donors (Lipinski definition) is 2. The van der Waals surface area contributed by atoms with Crippen LogP contribution in [0.2, 0.25) is 0 Å². The molecule has 4 rings (SSSR count). The molecule has 0 spiro atoms. The lowest BCUT2D eigenvalue weighted by molar-refractivity contribution is -0.268. The molecule has 202 valence electrons. The fourth-order valence-corrected chi connectivity index (χ4v) is 5.48. The number of anilines is 1. The Bertz CT molecular complexity index is 1220. The second-order valence-electron chi connectivity index (χ2n) is 8.86. The highest BCUT2D eigenvalue weighted by Gasteiger charge is 2.38. The minimum Gasteiger partial charge on any atom is -0.496 e. The quantitative estimate of drug-likeness (QED) is 0.214. The van der Waals surface area contributed by atoms with Crippen molar-refractivity contribution in [3.63, 3.8) is 0 Å². The molecule has 1 aliphatic heterocycles. The van der Waals surface area contributed by atoms with Gasteiger partial charge in [0.1, 0.15) is 5.75 Å². The Labute approximate surface area is 241 Å². The highest BCUT2D eigenvalue weighted by molar-refractivity contribution is 7.99. The Morgan fingerprint density at radius 2 is 1.66 bits per heavy atom. The van der Waals surface area contributed by atoms with E-state index in [-0.39, 0.29) is 24.7 Å². The Morgan fingerprint density at radius 3 is 2.29 bits per heavy atom. The first-order valence-electron chi connectivity index (χ1n) is 11.9. The number of benzene rings is 3. The minimum atomic E-state index is -2.06. The van der Waals surface area contributed by atoms with Crippen LogP contribution in [0.5, 0.6) is 5.75 Å². The number of aliphatic hydroxyl groups is 1. The molecule has 3 aromatic rings. The Balaban J connectivity index is 1.56. The van der Waals surface area contributed by atoms with Crippen LogP contribution in [-0.4, -0.2) is 33.8 Å². The number of methoxy groups -OCH3 is 1. The molecule has 4 atom stereocenters. The number of rotatable bonds is 8. The first kappa shape index (κ1) is 29.0. The highest BCUT2D eigenvalue weighted by atomic mass is 35.6. The van der Waals surface area contributed by atoms with Crippen LogP contribution in [0.3, 0.4) is 0 Å². The third-order valence-corrected chi connectivity index (χ3v) is 7.95. The largest absolute Gasteiger partial charge is 0.496 e. The van der Waals surface area contributed by atoms with Gasteiger partial charge in [-0.05, 0) is 35.4 Å². The van der Waals surface area contributed by atoms with Crippen molar-refractivity contribution in [3.8, 4) is 5.75 Å². The van der Waals surface area contributed by atoms with Crippen LogP contribution in [0.15, 0.2) is 77.7 Å². The number of nitrogens with one attached hydrogen (secondary N) is 1. The zero-order valence-electron chi connectivity index (χ0n) is 20.8. The molecule has 0 saturated carbocycles. The maximum absolute atomic E-state index is 12.0. The lowest BCUT2D eigenvalue weighted by Gasteiger charge is -2.41. The van der Waals surface area contributed by atoms with E-state index in [1.54, 1.807) is 31.0 Å². The average Bonchev–Trinajstić information content (AvgIpc) is 2.92. The van der Waals surface area contributed by atoms with E-state index < -0.39 is 16.0 Å². The van der Waals surface area contributed by atoms with E-state index in [4.69, 9.17) is 49.0 Å². The van der Waals surface area contributed by atoms with Crippen LogP contribution in [0.1, 0.15) is 36.0 Å². The van der Waals surface area contributed by atoms with Crippen molar-refractivity contribution in [2.75, 3.05) is 18.2 Å². The van der Waals surface area contributed by atoms with Gasteiger partial charge in [0, 0.05) is 27.8 Å². The molecule has 0 bridgehead atoms. The van der Waals surface area contributed by atoms with E-state index in [0.717, 1.165) is 27.3 Å². The first-order chi connectivity index (χ1) is 18.2. The van der Waals surface area contributed by atoms with Gasteiger partial charge in [-0.1, -0.05) is 90.3 Å². The molecule has 0 aliphatic carbocycles. The van der Waals surface area contributed by atoms with Gasteiger partial charge < -0.3 is 24.6 Å².